The molecule has 0 aromatic heterocycles. The first-order valence-corrected chi connectivity index (χ1v) is 5.37. The Hall–Kier alpha value is -1.71. The predicted molar refractivity (Wildman–Crippen MR) is 65.5 cm³/mol. The van der Waals surface area contributed by atoms with Gasteiger partial charge in [-0.05, 0) is 19.1 Å². The van der Waals surface area contributed by atoms with Crippen LogP contribution in [0.1, 0.15) is 20.8 Å². The first-order chi connectivity index (χ1) is 7.54. The quantitative estimate of drug-likeness (QED) is 0.768. The van der Waals surface area contributed by atoms with Crippen LogP contribution in [0, 0.1) is 5.92 Å². The Kier molecular flexibility index (Phi) is 4.17. The van der Waals surface area contributed by atoms with Gasteiger partial charge in [0.1, 0.15) is 5.75 Å². The van der Waals surface area contributed by atoms with Gasteiger partial charge in [-0.25, -0.2) is 0 Å². The van der Waals surface area contributed by atoms with E-state index in [-0.39, 0.29) is 11.8 Å². The molecule has 0 atom stereocenters. The largest absolute Gasteiger partial charge is 0.492 e. The summed E-state index contributed by atoms with van der Waals surface area (Å²) >= 11 is 0. The van der Waals surface area contributed by atoms with Crippen LogP contribution in [0.5, 0.6) is 5.75 Å². The molecule has 4 nitrogen and oxygen atoms in total. The molecule has 1 aromatic carbocycles. The first kappa shape index (κ1) is 12.4. The predicted octanol–water partition coefficient (Wildman–Crippen LogP) is 2.26. The van der Waals surface area contributed by atoms with Gasteiger partial charge in [-0.2, -0.15) is 0 Å². The molecule has 0 radical (unpaired) electrons. The first-order valence-electron chi connectivity index (χ1n) is 5.37. The number of carbonyl (C=O) groups excluding carboxylic acids is 1. The van der Waals surface area contributed by atoms with Crippen LogP contribution >= 0.6 is 0 Å². The highest BCUT2D eigenvalue weighted by Gasteiger charge is 2.10. The molecular formula is C12H18N2O2. The molecule has 0 aliphatic carbocycles. The minimum absolute atomic E-state index is 0.0364. The zero-order valence-corrected chi connectivity index (χ0v) is 9.91. The third-order valence-electron chi connectivity index (χ3n) is 2.09. The lowest BCUT2D eigenvalue weighted by Crippen LogP contribution is -2.18. The van der Waals surface area contributed by atoms with Crippen molar-refractivity contribution in [3.8, 4) is 5.75 Å². The third kappa shape index (κ3) is 3.15. The van der Waals surface area contributed by atoms with E-state index in [4.69, 9.17) is 10.5 Å². The summed E-state index contributed by atoms with van der Waals surface area (Å²) in [6.45, 7) is 6.10. The zero-order chi connectivity index (χ0) is 12.1. The van der Waals surface area contributed by atoms with E-state index in [0.29, 0.717) is 23.7 Å². The van der Waals surface area contributed by atoms with Gasteiger partial charge in [-0.3, -0.25) is 4.79 Å². The summed E-state index contributed by atoms with van der Waals surface area (Å²) in [6, 6.07) is 5.19. The number of amides is 1. The molecule has 3 N–H and O–H groups in total. The zero-order valence-electron chi connectivity index (χ0n) is 9.91. The van der Waals surface area contributed by atoms with Crippen LogP contribution < -0.4 is 15.8 Å². The molecule has 0 unspecified atom stereocenters. The average molecular weight is 222 g/mol. The fraction of sp³-hybridized carbons (Fsp3) is 0.417. The van der Waals surface area contributed by atoms with Crippen molar-refractivity contribution in [2.45, 2.75) is 20.8 Å². The molecular weight excluding hydrogens is 204 g/mol. The molecule has 0 saturated carbocycles. The monoisotopic (exact) mass is 222 g/mol. The van der Waals surface area contributed by atoms with Crippen LogP contribution in [0.3, 0.4) is 0 Å². The minimum Gasteiger partial charge on any atom is -0.492 e. The summed E-state index contributed by atoms with van der Waals surface area (Å²) in [4.78, 5) is 11.6. The molecule has 4 heteroatoms. The topological polar surface area (TPSA) is 64.3 Å². The number of hydrogen-bond acceptors (Lipinski definition) is 3. The van der Waals surface area contributed by atoms with E-state index in [0.717, 1.165) is 0 Å². The maximum Gasteiger partial charge on any atom is 0.227 e. The SMILES string of the molecule is CCOc1cc(N)ccc1NC(=O)C(C)C. The molecule has 16 heavy (non-hydrogen) atoms. The molecule has 0 fully saturated rings. The van der Waals surface area contributed by atoms with Crippen LogP contribution in [-0.4, -0.2) is 12.5 Å². The molecule has 88 valence electrons. The maximum absolute atomic E-state index is 11.6. The van der Waals surface area contributed by atoms with E-state index in [1.165, 1.54) is 0 Å². The van der Waals surface area contributed by atoms with Gasteiger partial charge >= 0.3 is 0 Å². The van der Waals surface area contributed by atoms with Gasteiger partial charge in [0.15, 0.2) is 0 Å². The summed E-state index contributed by atoms with van der Waals surface area (Å²) in [5, 5.41) is 2.80. The lowest BCUT2D eigenvalue weighted by atomic mass is 10.2. The van der Waals surface area contributed by atoms with Crippen LogP contribution in [0.2, 0.25) is 0 Å². The van der Waals surface area contributed by atoms with Crippen molar-refractivity contribution in [3.63, 3.8) is 0 Å². The number of nitrogens with two attached hydrogens (primary N) is 1. The van der Waals surface area contributed by atoms with E-state index >= 15 is 0 Å². The Labute approximate surface area is 95.8 Å². The maximum atomic E-state index is 11.6. The molecule has 1 aromatic rings. The molecule has 1 amide bonds. The Balaban J connectivity index is 2.90. The van der Waals surface area contributed by atoms with Crippen molar-refractivity contribution in [1.29, 1.82) is 0 Å². The fourth-order valence-corrected chi connectivity index (χ4v) is 1.19. The third-order valence-corrected chi connectivity index (χ3v) is 2.09. The Morgan fingerprint density at radius 2 is 2.19 bits per heavy atom. The van der Waals surface area contributed by atoms with Crippen molar-refractivity contribution in [2.24, 2.45) is 5.92 Å². The van der Waals surface area contributed by atoms with Crippen LogP contribution in [0.15, 0.2) is 18.2 Å². The highest BCUT2D eigenvalue weighted by atomic mass is 16.5. The molecule has 0 spiro atoms. The second-order valence-electron chi connectivity index (χ2n) is 3.83. The second kappa shape index (κ2) is 5.39. The normalized spacial score (nSPS) is 10.2. The number of nitrogen functional groups attached to an aromatic ring is 1. The van der Waals surface area contributed by atoms with Gasteiger partial charge in [0.25, 0.3) is 0 Å². The highest BCUT2D eigenvalue weighted by Crippen LogP contribution is 2.27. The fourth-order valence-electron chi connectivity index (χ4n) is 1.19. The van der Waals surface area contributed by atoms with Gasteiger partial charge in [0.2, 0.25) is 5.91 Å². The van der Waals surface area contributed by atoms with Gasteiger partial charge < -0.3 is 15.8 Å². The number of benzene rings is 1. The molecule has 0 aliphatic heterocycles. The number of carbonyl (C=O) groups is 1. The van der Waals surface area contributed by atoms with E-state index in [2.05, 4.69) is 5.32 Å². The lowest BCUT2D eigenvalue weighted by Gasteiger charge is -2.13. The Bertz CT molecular complexity index is 375. The number of anilines is 2. The van der Waals surface area contributed by atoms with E-state index in [1.54, 1.807) is 18.2 Å². The number of ether oxygens (including phenoxy) is 1. The van der Waals surface area contributed by atoms with Crippen molar-refractivity contribution in [2.75, 3.05) is 17.7 Å². The number of nitrogens with one attached hydrogen (secondary N) is 1. The summed E-state index contributed by atoms with van der Waals surface area (Å²) in [5.74, 6) is 0.509. The number of hydrogen-bond donors (Lipinski definition) is 2. The van der Waals surface area contributed by atoms with Crippen molar-refractivity contribution >= 4 is 17.3 Å². The van der Waals surface area contributed by atoms with Crippen LogP contribution in [0.4, 0.5) is 11.4 Å². The van der Waals surface area contributed by atoms with Crippen molar-refractivity contribution in [1.82, 2.24) is 0 Å². The van der Waals surface area contributed by atoms with Gasteiger partial charge in [-0.1, -0.05) is 13.8 Å². The summed E-state index contributed by atoms with van der Waals surface area (Å²) in [5.41, 5.74) is 6.93. The summed E-state index contributed by atoms with van der Waals surface area (Å²) in [6.07, 6.45) is 0. The second-order valence-corrected chi connectivity index (χ2v) is 3.83. The van der Waals surface area contributed by atoms with E-state index < -0.39 is 0 Å². The van der Waals surface area contributed by atoms with E-state index in [1.807, 2.05) is 20.8 Å². The molecule has 1 rings (SSSR count). The Morgan fingerprint density at radius 1 is 1.50 bits per heavy atom. The van der Waals surface area contributed by atoms with Crippen molar-refractivity contribution in [3.05, 3.63) is 18.2 Å². The summed E-state index contributed by atoms with van der Waals surface area (Å²) < 4.78 is 5.40. The molecule has 0 heterocycles. The number of rotatable bonds is 4. The smallest absolute Gasteiger partial charge is 0.227 e. The average Bonchev–Trinajstić information content (AvgIpc) is 2.22. The van der Waals surface area contributed by atoms with Gasteiger partial charge in [-0.15, -0.1) is 0 Å². The van der Waals surface area contributed by atoms with Crippen LogP contribution in [-0.2, 0) is 4.79 Å². The van der Waals surface area contributed by atoms with Gasteiger partial charge in [0.05, 0.1) is 12.3 Å². The minimum atomic E-state index is -0.0629. The highest BCUT2D eigenvalue weighted by molar-refractivity contribution is 5.93. The van der Waals surface area contributed by atoms with Crippen LogP contribution in [0.25, 0.3) is 0 Å². The van der Waals surface area contributed by atoms with Crippen molar-refractivity contribution < 1.29 is 9.53 Å². The molecule has 0 aliphatic rings. The Morgan fingerprint density at radius 3 is 2.75 bits per heavy atom. The van der Waals surface area contributed by atoms with E-state index in [9.17, 15) is 4.79 Å². The standard InChI is InChI=1S/C12H18N2O2/c1-4-16-11-7-9(13)5-6-10(11)14-12(15)8(2)3/h5-8H,4,13H2,1-3H3,(H,14,15). The van der Waals surface area contributed by atoms with Gasteiger partial charge in [0, 0.05) is 17.7 Å². The molecule has 0 bridgehead atoms. The molecule has 0 saturated heterocycles. The summed E-state index contributed by atoms with van der Waals surface area (Å²) in [7, 11) is 0. The lowest BCUT2D eigenvalue weighted by molar-refractivity contribution is -0.118.